The van der Waals surface area contributed by atoms with Crippen LogP contribution in [0.5, 0.6) is 0 Å². The summed E-state index contributed by atoms with van der Waals surface area (Å²) in [5.74, 6) is 0.888. The third-order valence-electron chi connectivity index (χ3n) is 3.42. The molecule has 19 heavy (non-hydrogen) atoms. The van der Waals surface area contributed by atoms with Gasteiger partial charge in [0.1, 0.15) is 11.8 Å². The molecule has 0 aliphatic carbocycles. The van der Waals surface area contributed by atoms with Crippen LogP contribution >= 0.6 is 0 Å². The van der Waals surface area contributed by atoms with Crippen molar-refractivity contribution in [1.29, 1.82) is 0 Å². The Morgan fingerprint density at radius 3 is 2.95 bits per heavy atom. The summed E-state index contributed by atoms with van der Waals surface area (Å²) < 4.78 is 5.26. The number of rotatable bonds is 3. The van der Waals surface area contributed by atoms with Crippen molar-refractivity contribution >= 4 is 11.6 Å². The second-order valence-corrected chi connectivity index (χ2v) is 4.83. The maximum Gasteiger partial charge on any atom is 0.245 e. The fraction of sp³-hybridized carbons (Fsp3) is 0.267. The maximum atomic E-state index is 12.4. The number of furan rings is 1. The highest BCUT2D eigenvalue weighted by molar-refractivity contribution is 5.87. The van der Waals surface area contributed by atoms with E-state index in [-0.39, 0.29) is 11.9 Å². The summed E-state index contributed by atoms with van der Waals surface area (Å²) >= 11 is 0. The van der Waals surface area contributed by atoms with Crippen LogP contribution in [0.3, 0.4) is 0 Å². The molecule has 1 aromatic carbocycles. The first-order valence-corrected chi connectivity index (χ1v) is 6.36. The molecule has 0 fully saturated rings. The van der Waals surface area contributed by atoms with E-state index in [1.54, 1.807) is 18.2 Å². The molecule has 0 radical (unpaired) electrons. The lowest BCUT2D eigenvalue weighted by atomic mass is 10.1. The van der Waals surface area contributed by atoms with Crippen LogP contribution < -0.4 is 5.32 Å². The van der Waals surface area contributed by atoms with E-state index in [1.807, 2.05) is 30.3 Å². The highest BCUT2D eigenvalue weighted by Crippen LogP contribution is 2.26. The molecule has 1 aliphatic rings. The molecule has 1 aliphatic heterocycles. The van der Waals surface area contributed by atoms with E-state index >= 15 is 0 Å². The Bertz CT molecular complexity index is 553. The third-order valence-corrected chi connectivity index (χ3v) is 3.42. The van der Waals surface area contributed by atoms with E-state index in [0.29, 0.717) is 6.54 Å². The van der Waals surface area contributed by atoms with Crippen molar-refractivity contribution in [3.05, 3.63) is 54.0 Å². The molecule has 4 nitrogen and oxygen atoms in total. The quantitative estimate of drug-likeness (QED) is 0.916. The zero-order chi connectivity index (χ0) is 13.2. The van der Waals surface area contributed by atoms with Gasteiger partial charge in [0.15, 0.2) is 0 Å². The van der Waals surface area contributed by atoms with Crippen LogP contribution in [0.15, 0.2) is 47.1 Å². The van der Waals surface area contributed by atoms with E-state index < -0.39 is 0 Å². The molecule has 0 saturated heterocycles. The lowest BCUT2D eigenvalue weighted by molar-refractivity contribution is -0.131. The van der Waals surface area contributed by atoms with Gasteiger partial charge in [-0.3, -0.25) is 4.79 Å². The molecule has 2 aromatic rings. The van der Waals surface area contributed by atoms with Crippen LogP contribution in [-0.2, 0) is 17.8 Å². The molecule has 98 valence electrons. The van der Waals surface area contributed by atoms with Crippen molar-refractivity contribution in [3.8, 4) is 0 Å². The normalized spacial score (nSPS) is 16.8. The lowest BCUT2D eigenvalue weighted by Gasteiger charge is -2.20. The zero-order valence-corrected chi connectivity index (χ0v) is 10.8. The van der Waals surface area contributed by atoms with Gasteiger partial charge in [0.05, 0.1) is 12.8 Å². The molecular weight excluding hydrogens is 240 g/mol. The van der Waals surface area contributed by atoms with E-state index in [4.69, 9.17) is 4.42 Å². The van der Waals surface area contributed by atoms with Gasteiger partial charge in [0, 0.05) is 19.2 Å². The summed E-state index contributed by atoms with van der Waals surface area (Å²) in [6.07, 6.45) is 2.37. The molecule has 0 saturated carbocycles. The van der Waals surface area contributed by atoms with Gasteiger partial charge in [-0.15, -0.1) is 0 Å². The van der Waals surface area contributed by atoms with Crippen LogP contribution in [0.4, 0.5) is 5.69 Å². The van der Waals surface area contributed by atoms with Crippen molar-refractivity contribution in [2.24, 2.45) is 0 Å². The molecule has 1 amide bonds. The van der Waals surface area contributed by atoms with E-state index in [9.17, 15) is 4.79 Å². The minimum absolute atomic E-state index is 0.0904. The Labute approximate surface area is 112 Å². The summed E-state index contributed by atoms with van der Waals surface area (Å²) in [7, 11) is 1.80. The SMILES string of the molecule is CN(Cc1ccco1)C(=O)C1Cc2ccccc2N1. The summed E-state index contributed by atoms with van der Waals surface area (Å²) in [6.45, 7) is 0.500. The van der Waals surface area contributed by atoms with Crippen LogP contribution in [-0.4, -0.2) is 23.9 Å². The molecule has 1 unspecified atom stereocenters. The van der Waals surface area contributed by atoms with Crippen molar-refractivity contribution < 1.29 is 9.21 Å². The minimum Gasteiger partial charge on any atom is -0.467 e. The smallest absolute Gasteiger partial charge is 0.245 e. The first-order valence-electron chi connectivity index (χ1n) is 6.36. The van der Waals surface area contributed by atoms with E-state index in [0.717, 1.165) is 17.9 Å². The molecule has 2 heterocycles. The number of para-hydroxylation sites is 1. The van der Waals surface area contributed by atoms with E-state index in [2.05, 4.69) is 11.4 Å². The van der Waals surface area contributed by atoms with Gasteiger partial charge in [-0.25, -0.2) is 0 Å². The zero-order valence-electron chi connectivity index (χ0n) is 10.8. The Morgan fingerprint density at radius 1 is 1.37 bits per heavy atom. The molecule has 1 aromatic heterocycles. The first kappa shape index (κ1) is 11.8. The number of hydrogen-bond donors (Lipinski definition) is 1. The van der Waals surface area contributed by atoms with Gasteiger partial charge in [-0.2, -0.15) is 0 Å². The largest absolute Gasteiger partial charge is 0.467 e. The summed E-state index contributed by atoms with van der Waals surface area (Å²) in [4.78, 5) is 14.1. The highest BCUT2D eigenvalue weighted by atomic mass is 16.3. The second kappa shape index (κ2) is 4.80. The topological polar surface area (TPSA) is 45.5 Å². The van der Waals surface area contributed by atoms with Gasteiger partial charge in [0.25, 0.3) is 0 Å². The third kappa shape index (κ3) is 2.34. The van der Waals surface area contributed by atoms with Crippen molar-refractivity contribution in [2.75, 3.05) is 12.4 Å². The Hall–Kier alpha value is -2.23. The number of carbonyl (C=O) groups excluding carboxylic acids is 1. The lowest BCUT2D eigenvalue weighted by Crippen LogP contribution is -2.39. The van der Waals surface area contributed by atoms with Gasteiger partial charge in [-0.05, 0) is 23.8 Å². The average Bonchev–Trinajstić information content (AvgIpc) is 3.05. The van der Waals surface area contributed by atoms with Gasteiger partial charge in [-0.1, -0.05) is 18.2 Å². The molecule has 0 spiro atoms. The van der Waals surface area contributed by atoms with Crippen LogP contribution in [0.2, 0.25) is 0 Å². The van der Waals surface area contributed by atoms with Crippen molar-refractivity contribution in [3.63, 3.8) is 0 Å². The van der Waals surface area contributed by atoms with Crippen LogP contribution in [0.1, 0.15) is 11.3 Å². The molecule has 1 N–H and O–H groups in total. The minimum atomic E-state index is -0.169. The number of anilines is 1. The number of carbonyl (C=O) groups is 1. The summed E-state index contributed by atoms with van der Waals surface area (Å²) in [5.41, 5.74) is 2.26. The molecule has 1 atom stereocenters. The average molecular weight is 256 g/mol. The molecule has 3 rings (SSSR count). The predicted octanol–water partition coefficient (Wildman–Crippen LogP) is 2.27. The second-order valence-electron chi connectivity index (χ2n) is 4.83. The standard InChI is InChI=1S/C15H16N2O2/c1-17(10-12-6-4-8-19-12)15(18)14-9-11-5-2-3-7-13(11)16-14/h2-8,14,16H,9-10H2,1H3. The maximum absolute atomic E-state index is 12.4. The number of nitrogens with one attached hydrogen (secondary N) is 1. The summed E-state index contributed by atoms with van der Waals surface area (Å²) in [5, 5.41) is 3.27. The Morgan fingerprint density at radius 2 is 2.21 bits per heavy atom. The number of likely N-dealkylation sites (N-methyl/N-ethyl adjacent to an activating group) is 1. The molecular formula is C15H16N2O2. The van der Waals surface area contributed by atoms with Gasteiger partial charge >= 0.3 is 0 Å². The van der Waals surface area contributed by atoms with Gasteiger partial charge in [0.2, 0.25) is 5.91 Å². The van der Waals surface area contributed by atoms with Crippen LogP contribution in [0, 0.1) is 0 Å². The Balaban J connectivity index is 1.66. The molecule has 0 bridgehead atoms. The number of nitrogens with zero attached hydrogens (tertiary/aromatic N) is 1. The molecule has 4 heteroatoms. The van der Waals surface area contributed by atoms with Crippen molar-refractivity contribution in [1.82, 2.24) is 4.90 Å². The number of amides is 1. The number of hydrogen-bond acceptors (Lipinski definition) is 3. The van der Waals surface area contributed by atoms with Crippen molar-refractivity contribution in [2.45, 2.75) is 19.0 Å². The first-order chi connectivity index (χ1) is 9.24. The fourth-order valence-corrected chi connectivity index (χ4v) is 2.43. The number of fused-ring (bicyclic) bond motifs is 1. The highest BCUT2D eigenvalue weighted by Gasteiger charge is 2.28. The van der Waals surface area contributed by atoms with Gasteiger partial charge < -0.3 is 14.6 Å². The van der Waals surface area contributed by atoms with E-state index in [1.165, 1.54) is 5.56 Å². The predicted molar refractivity (Wildman–Crippen MR) is 72.7 cm³/mol. The fourth-order valence-electron chi connectivity index (χ4n) is 2.43. The monoisotopic (exact) mass is 256 g/mol. The summed E-state index contributed by atoms with van der Waals surface area (Å²) in [6, 6.07) is 11.6. The number of benzene rings is 1. The Kier molecular flexibility index (Phi) is 2.99. The van der Waals surface area contributed by atoms with Crippen LogP contribution in [0.25, 0.3) is 0 Å².